The fraction of sp³-hybridized carbons (Fsp3) is 0.263. The summed E-state index contributed by atoms with van der Waals surface area (Å²) in [6.07, 6.45) is 4.01. The number of piperazine rings is 1. The third-order valence-electron chi connectivity index (χ3n) is 4.32. The predicted octanol–water partition coefficient (Wildman–Crippen LogP) is 4.24. The van der Waals surface area contributed by atoms with E-state index in [9.17, 15) is 10.2 Å². The molecular formula is C19H20Cl2N2O2. The Morgan fingerprint density at radius 2 is 1.72 bits per heavy atom. The van der Waals surface area contributed by atoms with Crippen molar-refractivity contribution in [2.24, 2.45) is 0 Å². The van der Waals surface area contributed by atoms with Gasteiger partial charge in [0.25, 0.3) is 0 Å². The van der Waals surface area contributed by atoms with Gasteiger partial charge in [-0.2, -0.15) is 0 Å². The van der Waals surface area contributed by atoms with Gasteiger partial charge in [0.1, 0.15) is 0 Å². The lowest BCUT2D eigenvalue weighted by Gasteiger charge is -2.36. The van der Waals surface area contributed by atoms with Crippen molar-refractivity contribution in [1.29, 1.82) is 0 Å². The van der Waals surface area contributed by atoms with Gasteiger partial charge in [-0.3, -0.25) is 4.90 Å². The molecule has 3 rings (SSSR count). The first-order chi connectivity index (χ1) is 12.0. The van der Waals surface area contributed by atoms with Crippen molar-refractivity contribution >= 4 is 35.0 Å². The van der Waals surface area contributed by atoms with Gasteiger partial charge in [-0.25, -0.2) is 0 Å². The van der Waals surface area contributed by atoms with Crippen molar-refractivity contribution in [2.75, 3.05) is 37.6 Å². The van der Waals surface area contributed by atoms with Crippen molar-refractivity contribution in [3.8, 4) is 11.5 Å². The first kappa shape index (κ1) is 17.9. The Morgan fingerprint density at radius 1 is 0.960 bits per heavy atom. The van der Waals surface area contributed by atoms with Gasteiger partial charge in [-0.15, -0.1) is 0 Å². The molecule has 1 fully saturated rings. The van der Waals surface area contributed by atoms with Crippen LogP contribution >= 0.6 is 23.2 Å². The maximum absolute atomic E-state index is 9.51. The molecule has 0 atom stereocenters. The minimum Gasteiger partial charge on any atom is -0.504 e. The molecule has 1 heterocycles. The highest BCUT2D eigenvalue weighted by atomic mass is 35.5. The topological polar surface area (TPSA) is 46.9 Å². The average molecular weight is 379 g/mol. The lowest BCUT2D eigenvalue weighted by molar-refractivity contribution is 0.284. The Balaban J connectivity index is 1.53. The van der Waals surface area contributed by atoms with Crippen molar-refractivity contribution in [1.82, 2.24) is 4.90 Å². The summed E-state index contributed by atoms with van der Waals surface area (Å²) >= 11 is 12.4. The zero-order chi connectivity index (χ0) is 17.8. The number of aromatic hydroxyl groups is 2. The first-order valence-corrected chi connectivity index (χ1v) is 8.90. The Bertz CT molecular complexity index is 772. The van der Waals surface area contributed by atoms with Crippen LogP contribution in [0.25, 0.3) is 6.08 Å². The molecule has 0 bridgehead atoms. The summed E-state index contributed by atoms with van der Waals surface area (Å²) < 4.78 is 0. The van der Waals surface area contributed by atoms with Crippen LogP contribution in [0.4, 0.5) is 5.69 Å². The Labute approximate surface area is 157 Å². The van der Waals surface area contributed by atoms with Crippen LogP contribution in [0.3, 0.4) is 0 Å². The Hall–Kier alpha value is -1.88. The standard InChI is InChI=1S/C19H20Cl2N2O2/c20-15-4-1-5-16(19(15)21)23-11-9-22(10-12-23)8-2-3-14-6-7-17(24)18(25)13-14/h1-7,13,24-25H,8-12H2/b3-2+. The van der Waals surface area contributed by atoms with Crippen molar-refractivity contribution in [3.05, 3.63) is 58.1 Å². The molecule has 0 aromatic heterocycles. The second-order valence-electron chi connectivity index (χ2n) is 6.01. The van der Waals surface area contributed by atoms with Crippen molar-refractivity contribution in [2.45, 2.75) is 0 Å². The van der Waals surface area contributed by atoms with Crippen LogP contribution in [-0.2, 0) is 0 Å². The van der Waals surface area contributed by atoms with E-state index in [1.54, 1.807) is 18.2 Å². The number of nitrogens with zero attached hydrogens (tertiary/aromatic N) is 2. The predicted molar refractivity (Wildman–Crippen MR) is 104 cm³/mol. The van der Waals surface area contributed by atoms with Gasteiger partial charge in [-0.1, -0.05) is 47.5 Å². The lowest BCUT2D eigenvalue weighted by atomic mass is 10.2. The smallest absolute Gasteiger partial charge is 0.157 e. The Kier molecular flexibility index (Phi) is 5.74. The summed E-state index contributed by atoms with van der Waals surface area (Å²) in [6, 6.07) is 10.5. The summed E-state index contributed by atoms with van der Waals surface area (Å²) in [5.74, 6) is -0.206. The van der Waals surface area contributed by atoms with Crippen LogP contribution in [0.2, 0.25) is 10.0 Å². The van der Waals surface area contributed by atoms with Crippen LogP contribution in [0.15, 0.2) is 42.5 Å². The summed E-state index contributed by atoms with van der Waals surface area (Å²) in [5.41, 5.74) is 1.85. The zero-order valence-corrected chi connectivity index (χ0v) is 15.2. The van der Waals surface area contributed by atoms with E-state index < -0.39 is 0 Å². The van der Waals surface area contributed by atoms with Gasteiger partial charge in [-0.05, 0) is 29.8 Å². The van der Waals surface area contributed by atoms with E-state index in [4.69, 9.17) is 23.2 Å². The molecule has 0 aliphatic carbocycles. The maximum Gasteiger partial charge on any atom is 0.157 e. The largest absolute Gasteiger partial charge is 0.504 e. The van der Waals surface area contributed by atoms with Crippen LogP contribution in [0, 0.1) is 0 Å². The zero-order valence-electron chi connectivity index (χ0n) is 13.7. The van der Waals surface area contributed by atoms with Gasteiger partial charge in [0, 0.05) is 32.7 Å². The number of anilines is 1. The first-order valence-electron chi connectivity index (χ1n) is 8.14. The molecule has 1 saturated heterocycles. The molecule has 2 N–H and O–H groups in total. The van der Waals surface area contributed by atoms with E-state index in [1.807, 2.05) is 18.2 Å². The van der Waals surface area contributed by atoms with Gasteiger partial charge in [0.05, 0.1) is 15.7 Å². The van der Waals surface area contributed by atoms with Crippen molar-refractivity contribution in [3.63, 3.8) is 0 Å². The van der Waals surface area contributed by atoms with Crippen LogP contribution in [0.1, 0.15) is 5.56 Å². The number of halogens is 2. The average Bonchev–Trinajstić information content (AvgIpc) is 2.61. The second-order valence-corrected chi connectivity index (χ2v) is 6.80. The molecule has 25 heavy (non-hydrogen) atoms. The number of phenolic OH excluding ortho intramolecular Hbond substituents is 2. The monoisotopic (exact) mass is 378 g/mol. The van der Waals surface area contributed by atoms with Gasteiger partial charge < -0.3 is 15.1 Å². The summed E-state index contributed by atoms with van der Waals surface area (Å²) in [7, 11) is 0. The highest BCUT2D eigenvalue weighted by Crippen LogP contribution is 2.32. The number of benzene rings is 2. The quantitative estimate of drug-likeness (QED) is 0.781. The fourth-order valence-electron chi connectivity index (χ4n) is 2.89. The lowest BCUT2D eigenvalue weighted by Crippen LogP contribution is -2.46. The molecular weight excluding hydrogens is 359 g/mol. The molecule has 1 aliphatic heterocycles. The molecule has 6 heteroatoms. The molecule has 2 aromatic rings. The number of phenols is 2. The van der Waals surface area contributed by atoms with E-state index >= 15 is 0 Å². The highest BCUT2D eigenvalue weighted by Gasteiger charge is 2.18. The number of hydrogen-bond donors (Lipinski definition) is 2. The van der Waals surface area contributed by atoms with Crippen LogP contribution in [-0.4, -0.2) is 47.8 Å². The van der Waals surface area contributed by atoms with Gasteiger partial charge in [0.2, 0.25) is 0 Å². The summed E-state index contributed by atoms with van der Waals surface area (Å²) in [6.45, 7) is 4.50. The minimum absolute atomic E-state index is 0.103. The van der Waals surface area contributed by atoms with Crippen LogP contribution in [0.5, 0.6) is 11.5 Å². The maximum atomic E-state index is 9.51. The fourth-order valence-corrected chi connectivity index (χ4v) is 3.31. The third kappa shape index (κ3) is 4.40. The van der Waals surface area contributed by atoms with Gasteiger partial charge >= 0.3 is 0 Å². The van der Waals surface area contributed by atoms with E-state index in [0.717, 1.165) is 44.0 Å². The normalized spacial score (nSPS) is 15.8. The molecule has 0 spiro atoms. The molecule has 0 unspecified atom stereocenters. The molecule has 132 valence electrons. The summed E-state index contributed by atoms with van der Waals surface area (Å²) in [5, 5.41) is 20.0. The SMILES string of the molecule is Oc1ccc(/C=C/CN2CCN(c3cccc(Cl)c3Cl)CC2)cc1O. The van der Waals surface area contributed by atoms with Gasteiger partial charge in [0.15, 0.2) is 11.5 Å². The van der Waals surface area contributed by atoms with E-state index in [1.165, 1.54) is 6.07 Å². The second kappa shape index (κ2) is 8.00. The van der Waals surface area contributed by atoms with E-state index in [0.29, 0.717) is 10.0 Å². The van der Waals surface area contributed by atoms with E-state index in [2.05, 4.69) is 15.9 Å². The minimum atomic E-state index is -0.104. The molecule has 4 nitrogen and oxygen atoms in total. The molecule has 0 radical (unpaired) electrons. The van der Waals surface area contributed by atoms with Crippen molar-refractivity contribution < 1.29 is 10.2 Å². The van der Waals surface area contributed by atoms with E-state index in [-0.39, 0.29) is 11.5 Å². The third-order valence-corrected chi connectivity index (χ3v) is 5.13. The molecule has 1 aliphatic rings. The van der Waals surface area contributed by atoms with Crippen LogP contribution < -0.4 is 4.90 Å². The summed E-state index contributed by atoms with van der Waals surface area (Å²) in [4.78, 5) is 4.61. The Morgan fingerprint density at radius 3 is 2.44 bits per heavy atom. The number of rotatable bonds is 4. The molecule has 2 aromatic carbocycles. The molecule has 0 saturated carbocycles. The number of hydrogen-bond acceptors (Lipinski definition) is 4. The molecule has 0 amide bonds. The highest BCUT2D eigenvalue weighted by molar-refractivity contribution is 6.43.